The number of hydrogen-bond donors (Lipinski definition) is 1. The lowest BCUT2D eigenvalue weighted by atomic mass is 10.1. The van der Waals surface area contributed by atoms with E-state index < -0.39 is 0 Å². The summed E-state index contributed by atoms with van der Waals surface area (Å²) >= 11 is 3.46. The lowest BCUT2D eigenvalue weighted by Crippen LogP contribution is -2.35. The van der Waals surface area contributed by atoms with Crippen LogP contribution in [-0.2, 0) is 11.3 Å². The number of unbranched alkanes of at least 4 members (excludes halogenated alkanes) is 3. The Morgan fingerprint density at radius 3 is 2.83 bits per heavy atom. The zero-order chi connectivity index (χ0) is 17.4. The van der Waals surface area contributed by atoms with Crippen LogP contribution in [0.5, 0.6) is 0 Å². The third-order valence-electron chi connectivity index (χ3n) is 3.75. The third kappa shape index (κ3) is 5.70. The van der Waals surface area contributed by atoms with E-state index >= 15 is 0 Å². The van der Waals surface area contributed by atoms with Gasteiger partial charge in [-0.2, -0.15) is 4.80 Å². The highest BCUT2D eigenvalue weighted by molar-refractivity contribution is 9.10. The minimum atomic E-state index is -0.0888. The minimum absolute atomic E-state index is 0.0801. The molecule has 2 aromatic rings. The van der Waals surface area contributed by atoms with Crippen LogP contribution in [0.2, 0.25) is 0 Å². The van der Waals surface area contributed by atoms with E-state index in [1.807, 2.05) is 31.2 Å². The zero-order valence-electron chi connectivity index (χ0n) is 14.2. The maximum Gasteiger partial charge on any atom is 0.243 e. The van der Waals surface area contributed by atoms with Crippen LogP contribution in [0.3, 0.4) is 0 Å². The second kappa shape index (κ2) is 9.52. The average Bonchev–Trinajstić information content (AvgIpc) is 3.00. The number of hydrogen-bond acceptors (Lipinski definition) is 4. The Kier molecular flexibility index (Phi) is 7.36. The monoisotopic (exact) mass is 393 g/mol. The zero-order valence-corrected chi connectivity index (χ0v) is 15.8. The van der Waals surface area contributed by atoms with E-state index in [0.717, 1.165) is 22.9 Å². The summed E-state index contributed by atoms with van der Waals surface area (Å²) in [6, 6.07) is 7.83. The van der Waals surface area contributed by atoms with Crippen molar-refractivity contribution in [1.29, 1.82) is 0 Å². The second-order valence-electron chi connectivity index (χ2n) is 5.94. The molecule has 2 rings (SSSR count). The van der Waals surface area contributed by atoms with Gasteiger partial charge in [-0.05, 0) is 30.7 Å². The normalized spacial score (nSPS) is 12.1. The Balaban J connectivity index is 1.83. The molecule has 0 aliphatic carbocycles. The molecule has 1 aromatic heterocycles. The van der Waals surface area contributed by atoms with E-state index in [0.29, 0.717) is 5.82 Å². The Hall–Kier alpha value is -1.76. The summed E-state index contributed by atoms with van der Waals surface area (Å²) in [7, 11) is 0. The van der Waals surface area contributed by atoms with Gasteiger partial charge in [0, 0.05) is 16.1 Å². The van der Waals surface area contributed by atoms with Crippen molar-refractivity contribution in [3.8, 4) is 11.4 Å². The predicted molar refractivity (Wildman–Crippen MR) is 97.3 cm³/mol. The number of nitrogens with one attached hydrogen (secondary N) is 1. The molecule has 6 nitrogen and oxygen atoms in total. The number of benzene rings is 1. The first-order chi connectivity index (χ1) is 11.6. The Morgan fingerprint density at radius 1 is 1.29 bits per heavy atom. The fourth-order valence-electron chi connectivity index (χ4n) is 2.46. The third-order valence-corrected chi connectivity index (χ3v) is 4.44. The smallest absolute Gasteiger partial charge is 0.243 e. The number of carbonyl (C=O) groups excluding carboxylic acids is 1. The van der Waals surface area contributed by atoms with Gasteiger partial charge in [-0.3, -0.25) is 4.79 Å². The van der Waals surface area contributed by atoms with Gasteiger partial charge in [0.15, 0.2) is 0 Å². The van der Waals surface area contributed by atoms with Crippen LogP contribution in [0.4, 0.5) is 0 Å². The lowest BCUT2D eigenvalue weighted by Gasteiger charge is -2.13. The molecule has 0 aliphatic heterocycles. The molecule has 0 spiro atoms. The van der Waals surface area contributed by atoms with Crippen LogP contribution in [0.15, 0.2) is 28.7 Å². The van der Waals surface area contributed by atoms with E-state index in [1.165, 1.54) is 24.1 Å². The van der Waals surface area contributed by atoms with Gasteiger partial charge in [0.25, 0.3) is 0 Å². The van der Waals surface area contributed by atoms with Crippen molar-refractivity contribution < 1.29 is 4.79 Å². The minimum Gasteiger partial charge on any atom is -0.352 e. The molecule has 0 unspecified atom stereocenters. The molecule has 7 heteroatoms. The van der Waals surface area contributed by atoms with Gasteiger partial charge in [0.05, 0.1) is 0 Å². The van der Waals surface area contributed by atoms with Crippen molar-refractivity contribution in [2.75, 3.05) is 0 Å². The highest BCUT2D eigenvalue weighted by atomic mass is 79.9. The molecule has 24 heavy (non-hydrogen) atoms. The molecule has 0 aliphatic rings. The van der Waals surface area contributed by atoms with Gasteiger partial charge in [-0.15, -0.1) is 10.2 Å². The number of amides is 1. The summed E-state index contributed by atoms with van der Waals surface area (Å²) in [5, 5.41) is 15.3. The molecule has 1 N–H and O–H groups in total. The van der Waals surface area contributed by atoms with Gasteiger partial charge >= 0.3 is 0 Å². The van der Waals surface area contributed by atoms with Crippen molar-refractivity contribution in [2.24, 2.45) is 0 Å². The summed E-state index contributed by atoms with van der Waals surface area (Å²) in [6.07, 6.45) is 5.83. The van der Waals surface area contributed by atoms with Gasteiger partial charge in [-0.1, -0.05) is 60.7 Å². The number of halogens is 1. The first-order valence-electron chi connectivity index (χ1n) is 8.42. The van der Waals surface area contributed by atoms with Gasteiger partial charge < -0.3 is 5.32 Å². The maximum absolute atomic E-state index is 12.1. The van der Waals surface area contributed by atoms with Crippen molar-refractivity contribution in [1.82, 2.24) is 25.5 Å². The Labute approximate surface area is 151 Å². The van der Waals surface area contributed by atoms with Crippen LogP contribution >= 0.6 is 15.9 Å². The molecule has 0 saturated carbocycles. The lowest BCUT2D eigenvalue weighted by molar-refractivity contribution is -0.122. The van der Waals surface area contributed by atoms with Crippen molar-refractivity contribution in [3.05, 3.63) is 28.7 Å². The van der Waals surface area contributed by atoms with Gasteiger partial charge in [0.1, 0.15) is 6.54 Å². The first kappa shape index (κ1) is 18.6. The fraction of sp³-hybridized carbons (Fsp3) is 0.529. The molecule has 0 saturated heterocycles. The molecule has 1 heterocycles. The molecule has 1 atom stereocenters. The van der Waals surface area contributed by atoms with Crippen molar-refractivity contribution in [2.45, 2.75) is 58.5 Å². The van der Waals surface area contributed by atoms with E-state index in [-0.39, 0.29) is 18.5 Å². The molecule has 1 amide bonds. The van der Waals surface area contributed by atoms with Crippen LogP contribution in [-0.4, -0.2) is 32.2 Å². The van der Waals surface area contributed by atoms with Crippen LogP contribution < -0.4 is 5.32 Å². The molecule has 0 radical (unpaired) electrons. The van der Waals surface area contributed by atoms with Crippen LogP contribution in [0, 0.1) is 0 Å². The summed E-state index contributed by atoms with van der Waals surface area (Å²) in [6.45, 7) is 4.31. The largest absolute Gasteiger partial charge is 0.352 e. The number of tetrazole rings is 1. The number of aromatic nitrogens is 4. The highest BCUT2D eigenvalue weighted by Gasteiger charge is 2.12. The summed E-state index contributed by atoms with van der Waals surface area (Å²) in [5.41, 5.74) is 0.855. The van der Waals surface area contributed by atoms with E-state index in [4.69, 9.17) is 0 Å². The predicted octanol–water partition coefficient (Wildman–Crippen LogP) is 3.58. The summed E-state index contributed by atoms with van der Waals surface area (Å²) in [5.74, 6) is 0.414. The van der Waals surface area contributed by atoms with Crippen molar-refractivity contribution in [3.63, 3.8) is 0 Å². The second-order valence-corrected chi connectivity index (χ2v) is 6.80. The van der Waals surface area contributed by atoms with E-state index in [1.54, 1.807) is 0 Å². The fourth-order valence-corrected chi connectivity index (χ4v) is 2.92. The Morgan fingerprint density at radius 2 is 2.08 bits per heavy atom. The van der Waals surface area contributed by atoms with Crippen LogP contribution in [0.1, 0.15) is 46.0 Å². The summed E-state index contributed by atoms with van der Waals surface area (Å²) < 4.78 is 0.898. The number of nitrogens with zero attached hydrogens (tertiary/aromatic N) is 4. The molecule has 1 aromatic carbocycles. The summed E-state index contributed by atoms with van der Waals surface area (Å²) in [4.78, 5) is 13.4. The standard InChI is InChI=1S/C17H24BrN5O/c1-3-4-5-6-9-13(2)19-16(24)12-23-21-17(20-22-23)14-10-7-8-11-15(14)18/h7-8,10-11,13H,3-6,9,12H2,1-2H3,(H,19,24)/t13-/m1/s1. The maximum atomic E-state index is 12.1. The molecule has 0 fully saturated rings. The Bertz CT molecular complexity index is 658. The van der Waals surface area contributed by atoms with Gasteiger partial charge in [0.2, 0.25) is 11.7 Å². The van der Waals surface area contributed by atoms with Crippen molar-refractivity contribution >= 4 is 21.8 Å². The topological polar surface area (TPSA) is 72.7 Å². The van der Waals surface area contributed by atoms with Crippen LogP contribution in [0.25, 0.3) is 11.4 Å². The molecule has 130 valence electrons. The highest BCUT2D eigenvalue weighted by Crippen LogP contribution is 2.24. The average molecular weight is 394 g/mol. The van der Waals surface area contributed by atoms with E-state index in [9.17, 15) is 4.79 Å². The SMILES string of the molecule is CCCCCC[C@@H](C)NC(=O)Cn1nnc(-c2ccccc2Br)n1. The number of rotatable bonds is 9. The quantitative estimate of drug-likeness (QED) is 0.660. The van der Waals surface area contributed by atoms with Gasteiger partial charge in [-0.25, -0.2) is 0 Å². The first-order valence-corrected chi connectivity index (χ1v) is 9.21. The molecular weight excluding hydrogens is 370 g/mol. The molecular formula is C17H24BrN5O. The van der Waals surface area contributed by atoms with E-state index in [2.05, 4.69) is 43.6 Å². The number of carbonyl (C=O) groups is 1. The molecule has 0 bridgehead atoms.